The number of aliphatic hydroxyl groups is 1. The molecule has 2 N–H and O–H groups in total. The fourth-order valence-electron chi connectivity index (χ4n) is 2.43. The average Bonchev–Trinajstić information content (AvgIpc) is 2.94. The van der Waals surface area contributed by atoms with Crippen LogP contribution in [0.1, 0.15) is 41.9 Å². The maximum absolute atomic E-state index is 10.9. The van der Waals surface area contributed by atoms with Crippen molar-refractivity contribution in [2.45, 2.75) is 38.3 Å². The molecule has 0 bridgehead atoms. The first-order chi connectivity index (χ1) is 10.1. The summed E-state index contributed by atoms with van der Waals surface area (Å²) in [5, 5.41) is 18.8. The first-order valence-electron chi connectivity index (χ1n) is 7.06. The Morgan fingerprint density at radius 3 is 2.62 bits per heavy atom. The number of hydrogen-bond acceptors (Lipinski definition) is 3. The Kier molecular flexibility index (Phi) is 5.11. The van der Waals surface area contributed by atoms with Crippen LogP contribution in [0.4, 0.5) is 0 Å². The van der Waals surface area contributed by atoms with E-state index in [0.29, 0.717) is 0 Å². The van der Waals surface area contributed by atoms with E-state index in [1.165, 1.54) is 18.1 Å². The van der Waals surface area contributed by atoms with Gasteiger partial charge < -0.3 is 14.8 Å². The second-order valence-electron chi connectivity index (χ2n) is 5.20. The van der Waals surface area contributed by atoms with Crippen molar-refractivity contribution in [3.05, 3.63) is 54.1 Å². The fraction of sp³-hybridized carbons (Fsp3) is 0.375. The number of aryl methyl sites for hydroxylation is 1. The van der Waals surface area contributed by atoms with E-state index in [0.717, 1.165) is 19.3 Å². The quantitative estimate of drug-likeness (QED) is 0.821. The Labute approximate surface area is 123 Å². The number of aliphatic hydroxyl groups excluding tert-OH is 1. The van der Waals surface area contributed by atoms with E-state index in [9.17, 15) is 9.90 Å². The zero-order valence-electron chi connectivity index (χ0n) is 12.0. The monoisotopic (exact) mass is 288 g/mol. The summed E-state index contributed by atoms with van der Waals surface area (Å²) >= 11 is 0. The molecule has 2 atom stereocenters. The predicted molar refractivity (Wildman–Crippen MR) is 79.3 cm³/mol. The van der Waals surface area contributed by atoms with Crippen molar-refractivity contribution in [3.63, 3.8) is 0 Å². The number of imidazole rings is 1. The molecule has 1 aromatic heterocycles. The van der Waals surface area contributed by atoms with Crippen molar-refractivity contribution in [1.29, 1.82) is 0 Å². The molecule has 0 amide bonds. The lowest BCUT2D eigenvalue weighted by molar-refractivity contribution is 0.0690. The number of hydrogen-bond donors (Lipinski definition) is 2. The number of nitrogens with zero attached hydrogens (tertiary/aromatic N) is 2. The van der Waals surface area contributed by atoms with Gasteiger partial charge in [0.2, 0.25) is 0 Å². The third-order valence-corrected chi connectivity index (χ3v) is 3.57. The molecule has 0 aliphatic heterocycles. The molecule has 2 rings (SSSR count). The Morgan fingerprint density at radius 2 is 2.05 bits per heavy atom. The lowest BCUT2D eigenvalue weighted by Gasteiger charge is -2.21. The van der Waals surface area contributed by atoms with Crippen molar-refractivity contribution >= 4 is 5.97 Å². The van der Waals surface area contributed by atoms with Gasteiger partial charge in [-0.15, -0.1) is 0 Å². The molecule has 0 spiro atoms. The molecule has 21 heavy (non-hydrogen) atoms. The van der Waals surface area contributed by atoms with Crippen molar-refractivity contribution in [3.8, 4) is 0 Å². The fourth-order valence-corrected chi connectivity index (χ4v) is 2.43. The van der Waals surface area contributed by atoms with Gasteiger partial charge in [-0.1, -0.05) is 30.3 Å². The van der Waals surface area contributed by atoms with Crippen LogP contribution in [0, 0.1) is 0 Å². The van der Waals surface area contributed by atoms with E-state index in [2.05, 4.69) is 17.1 Å². The SMILES string of the molecule is C[C@H](O)C(CCCc1ccccc1)n1cnc(C(=O)O)c1. The van der Waals surface area contributed by atoms with Crippen molar-refractivity contribution in [2.75, 3.05) is 0 Å². The Morgan fingerprint density at radius 1 is 1.33 bits per heavy atom. The van der Waals surface area contributed by atoms with Crippen LogP contribution < -0.4 is 0 Å². The molecule has 1 aromatic carbocycles. The maximum atomic E-state index is 10.9. The minimum atomic E-state index is -1.05. The largest absolute Gasteiger partial charge is 0.476 e. The van der Waals surface area contributed by atoms with E-state index in [1.54, 1.807) is 11.5 Å². The number of carbonyl (C=O) groups is 1. The van der Waals surface area contributed by atoms with Crippen LogP contribution in [0.5, 0.6) is 0 Å². The van der Waals surface area contributed by atoms with Crippen LogP contribution in [-0.2, 0) is 6.42 Å². The highest BCUT2D eigenvalue weighted by Crippen LogP contribution is 2.20. The van der Waals surface area contributed by atoms with Crippen LogP contribution in [0.2, 0.25) is 0 Å². The van der Waals surface area contributed by atoms with Gasteiger partial charge in [0.05, 0.1) is 18.5 Å². The second-order valence-corrected chi connectivity index (χ2v) is 5.20. The van der Waals surface area contributed by atoms with Crippen molar-refractivity contribution in [1.82, 2.24) is 9.55 Å². The summed E-state index contributed by atoms with van der Waals surface area (Å²) in [5.74, 6) is -1.05. The third kappa shape index (κ3) is 4.16. The van der Waals surface area contributed by atoms with Gasteiger partial charge in [0.25, 0.3) is 0 Å². The number of rotatable bonds is 7. The lowest BCUT2D eigenvalue weighted by Crippen LogP contribution is -2.20. The highest BCUT2D eigenvalue weighted by molar-refractivity contribution is 5.84. The zero-order chi connectivity index (χ0) is 15.2. The summed E-state index contributed by atoms with van der Waals surface area (Å²) < 4.78 is 1.69. The van der Waals surface area contributed by atoms with Gasteiger partial charge in [-0.3, -0.25) is 0 Å². The van der Waals surface area contributed by atoms with E-state index in [1.807, 2.05) is 18.2 Å². The van der Waals surface area contributed by atoms with Gasteiger partial charge >= 0.3 is 5.97 Å². The third-order valence-electron chi connectivity index (χ3n) is 3.57. The first kappa shape index (κ1) is 15.3. The van der Waals surface area contributed by atoms with E-state index >= 15 is 0 Å². The minimum Gasteiger partial charge on any atom is -0.476 e. The first-order valence-corrected chi connectivity index (χ1v) is 7.06. The molecule has 5 nitrogen and oxygen atoms in total. The molecule has 2 aromatic rings. The minimum absolute atomic E-state index is 0.00343. The molecular weight excluding hydrogens is 268 g/mol. The van der Waals surface area contributed by atoms with E-state index in [4.69, 9.17) is 5.11 Å². The van der Waals surface area contributed by atoms with Crippen molar-refractivity contribution < 1.29 is 15.0 Å². The highest BCUT2D eigenvalue weighted by atomic mass is 16.4. The van der Waals surface area contributed by atoms with Crippen LogP contribution >= 0.6 is 0 Å². The van der Waals surface area contributed by atoms with Crippen LogP contribution in [0.3, 0.4) is 0 Å². The van der Waals surface area contributed by atoms with Crippen LogP contribution in [-0.4, -0.2) is 31.8 Å². The van der Waals surface area contributed by atoms with Gasteiger partial charge in [-0.2, -0.15) is 0 Å². The smallest absolute Gasteiger partial charge is 0.356 e. The molecule has 0 saturated heterocycles. The molecule has 0 aliphatic carbocycles. The summed E-state index contributed by atoms with van der Waals surface area (Å²) in [6.45, 7) is 1.72. The molecule has 0 saturated carbocycles. The molecule has 0 aliphatic rings. The number of aromatic nitrogens is 2. The maximum Gasteiger partial charge on any atom is 0.356 e. The summed E-state index contributed by atoms with van der Waals surface area (Å²) in [5.41, 5.74) is 1.27. The van der Waals surface area contributed by atoms with Gasteiger partial charge in [-0.05, 0) is 31.7 Å². The summed E-state index contributed by atoms with van der Waals surface area (Å²) in [7, 11) is 0. The summed E-state index contributed by atoms with van der Waals surface area (Å²) in [4.78, 5) is 14.7. The van der Waals surface area contributed by atoms with Gasteiger partial charge in [0.1, 0.15) is 0 Å². The molecule has 5 heteroatoms. The second kappa shape index (κ2) is 7.04. The van der Waals surface area contributed by atoms with E-state index < -0.39 is 12.1 Å². The Hall–Kier alpha value is -2.14. The normalized spacial score (nSPS) is 13.8. The number of benzene rings is 1. The van der Waals surface area contributed by atoms with E-state index in [-0.39, 0.29) is 11.7 Å². The topological polar surface area (TPSA) is 75.3 Å². The molecule has 112 valence electrons. The van der Waals surface area contributed by atoms with Crippen LogP contribution in [0.25, 0.3) is 0 Å². The van der Waals surface area contributed by atoms with Crippen LogP contribution in [0.15, 0.2) is 42.9 Å². The lowest BCUT2D eigenvalue weighted by atomic mass is 10.0. The standard InChI is InChI=1S/C16H20N2O3/c1-12(19)15(18-10-14(16(20)21)17-11-18)9-5-8-13-6-3-2-4-7-13/h2-4,6-7,10-12,15,19H,5,8-9H2,1H3,(H,20,21)/t12-,15?/m0/s1. The molecule has 0 radical (unpaired) electrons. The molecular formula is C16H20N2O3. The predicted octanol–water partition coefficient (Wildman–Crippen LogP) is 2.53. The summed E-state index contributed by atoms with van der Waals surface area (Å²) in [6, 6.07) is 10.0. The average molecular weight is 288 g/mol. The highest BCUT2D eigenvalue weighted by Gasteiger charge is 2.18. The van der Waals surface area contributed by atoms with Gasteiger partial charge in [0, 0.05) is 6.20 Å². The van der Waals surface area contributed by atoms with Gasteiger partial charge in [0.15, 0.2) is 5.69 Å². The zero-order valence-corrected chi connectivity index (χ0v) is 12.0. The van der Waals surface area contributed by atoms with Crippen molar-refractivity contribution in [2.24, 2.45) is 0 Å². The number of aromatic carboxylic acids is 1. The molecule has 0 fully saturated rings. The number of carboxylic acids is 1. The van der Waals surface area contributed by atoms with Gasteiger partial charge in [-0.25, -0.2) is 9.78 Å². The molecule has 1 heterocycles. The summed E-state index contributed by atoms with van der Waals surface area (Å²) in [6.07, 6.45) is 5.01. The Balaban J connectivity index is 1.97. The number of carboxylic acid groups (broad SMARTS) is 1. The molecule has 1 unspecified atom stereocenters. The Bertz CT molecular complexity index is 578.